The van der Waals surface area contributed by atoms with Crippen molar-refractivity contribution in [2.24, 2.45) is 0 Å². The molecule has 150 valence electrons. The highest BCUT2D eigenvalue weighted by Gasteiger charge is 2.47. The van der Waals surface area contributed by atoms with E-state index < -0.39 is 23.5 Å². The smallest absolute Gasteiger partial charge is 0.300 e. The number of ketones is 1. The number of aliphatic hydroxyl groups excluding tert-OH is 1. The van der Waals surface area contributed by atoms with E-state index in [1.807, 2.05) is 6.92 Å². The molecule has 0 saturated carbocycles. The number of halogens is 2. The lowest BCUT2D eigenvalue weighted by atomic mass is 9.95. The first-order chi connectivity index (χ1) is 14.4. The topological polar surface area (TPSA) is 57.6 Å². The van der Waals surface area contributed by atoms with Gasteiger partial charge < -0.3 is 5.11 Å². The zero-order valence-electron chi connectivity index (χ0n) is 16.0. The molecule has 1 aliphatic rings. The Morgan fingerprint density at radius 3 is 2.23 bits per heavy atom. The number of hydrogen-bond donors (Lipinski definition) is 1. The minimum absolute atomic E-state index is 0.0683. The standard InChI is InChI=1S/C24H17ClFNO3/c1-14-6-8-15(9-7-14)22(28)20-21(18-4-2-3-5-19(18)25)27(24(30)23(20)29)17-12-10-16(26)11-13-17/h2-13,21,28H,1H3/b22-20+/t21-/m0/s1. The lowest BCUT2D eigenvalue weighted by molar-refractivity contribution is -0.132. The third kappa shape index (κ3) is 3.37. The first-order valence-electron chi connectivity index (χ1n) is 9.26. The summed E-state index contributed by atoms with van der Waals surface area (Å²) in [6.07, 6.45) is 0. The van der Waals surface area contributed by atoms with E-state index in [1.165, 1.54) is 29.2 Å². The zero-order valence-corrected chi connectivity index (χ0v) is 16.7. The van der Waals surface area contributed by atoms with Gasteiger partial charge in [-0.2, -0.15) is 0 Å². The van der Waals surface area contributed by atoms with Gasteiger partial charge in [-0.25, -0.2) is 4.39 Å². The maximum absolute atomic E-state index is 13.4. The third-order valence-corrected chi connectivity index (χ3v) is 5.42. The maximum atomic E-state index is 13.4. The molecule has 4 rings (SSSR count). The number of Topliss-reactive ketones (excluding diaryl/α,β-unsaturated/α-hetero) is 1. The second kappa shape index (κ2) is 7.76. The van der Waals surface area contributed by atoms with E-state index in [0.29, 0.717) is 21.8 Å². The Morgan fingerprint density at radius 2 is 1.60 bits per heavy atom. The number of amides is 1. The van der Waals surface area contributed by atoms with Crippen LogP contribution in [-0.4, -0.2) is 16.8 Å². The monoisotopic (exact) mass is 421 g/mol. The van der Waals surface area contributed by atoms with Crippen LogP contribution in [0.25, 0.3) is 5.76 Å². The van der Waals surface area contributed by atoms with E-state index in [-0.39, 0.29) is 11.3 Å². The van der Waals surface area contributed by atoms with Crippen LogP contribution in [0, 0.1) is 12.7 Å². The van der Waals surface area contributed by atoms with Gasteiger partial charge in [0.2, 0.25) is 0 Å². The SMILES string of the molecule is Cc1ccc(/C(O)=C2\C(=O)C(=O)N(c3ccc(F)cc3)[C@H]2c2ccccc2Cl)cc1. The van der Waals surface area contributed by atoms with Crippen molar-refractivity contribution in [2.75, 3.05) is 4.90 Å². The van der Waals surface area contributed by atoms with E-state index in [1.54, 1.807) is 48.5 Å². The predicted molar refractivity (Wildman–Crippen MR) is 114 cm³/mol. The zero-order chi connectivity index (χ0) is 21.4. The molecule has 3 aromatic rings. The Morgan fingerprint density at radius 1 is 0.967 bits per heavy atom. The molecule has 4 nitrogen and oxygen atoms in total. The molecule has 1 saturated heterocycles. The molecule has 0 aromatic heterocycles. The second-order valence-electron chi connectivity index (χ2n) is 7.03. The summed E-state index contributed by atoms with van der Waals surface area (Å²) in [5, 5.41) is 11.3. The van der Waals surface area contributed by atoms with Crippen LogP contribution in [0.4, 0.5) is 10.1 Å². The molecule has 1 heterocycles. The molecule has 1 fully saturated rings. The number of aliphatic hydroxyl groups is 1. The highest BCUT2D eigenvalue weighted by Crippen LogP contribution is 2.44. The van der Waals surface area contributed by atoms with E-state index in [9.17, 15) is 19.1 Å². The number of aryl methyl sites for hydroxylation is 1. The Hall–Kier alpha value is -3.44. The van der Waals surface area contributed by atoms with Gasteiger partial charge in [-0.1, -0.05) is 59.6 Å². The van der Waals surface area contributed by atoms with Gasteiger partial charge in [-0.15, -0.1) is 0 Å². The molecule has 6 heteroatoms. The fourth-order valence-corrected chi connectivity index (χ4v) is 3.80. The summed E-state index contributed by atoms with van der Waals surface area (Å²) in [6.45, 7) is 1.90. The largest absolute Gasteiger partial charge is 0.507 e. The summed E-state index contributed by atoms with van der Waals surface area (Å²) in [6, 6.07) is 18.1. The number of rotatable bonds is 3. The minimum Gasteiger partial charge on any atom is -0.507 e. The number of nitrogens with zero attached hydrogens (tertiary/aromatic N) is 1. The molecular formula is C24H17ClFNO3. The molecule has 1 N–H and O–H groups in total. The van der Waals surface area contributed by atoms with Crippen LogP contribution in [0.15, 0.2) is 78.4 Å². The molecule has 3 aromatic carbocycles. The van der Waals surface area contributed by atoms with Crippen LogP contribution >= 0.6 is 11.6 Å². The van der Waals surface area contributed by atoms with Crippen LogP contribution in [-0.2, 0) is 9.59 Å². The molecule has 1 aliphatic heterocycles. The highest BCUT2D eigenvalue weighted by molar-refractivity contribution is 6.52. The summed E-state index contributed by atoms with van der Waals surface area (Å²) in [4.78, 5) is 27.2. The Balaban J connectivity index is 1.96. The van der Waals surface area contributed by atoms with Crippen molar-refractivity contribution in [3.8, 4) is 0 Å². The predicted octanol–water partition coefficient (Wildman–Crippen LogP) is 5.41. The molecule has 0 bridgehead atoms. The Labute approximate surface area is 177 Å². The van der Waals surface area contributed by atoms with Gasteiger partial charge in [0, 0.05) is 16.3 Å². The molecule has 30 heavy (non-hydrogen) atoms. The average molecular weight is 422 g/mol. The number of benzene rings is 3. The molecule has 0 radical (unpaired) electrons. The van der Waals surface area contributed by atoms with Crippen molar-refractivity contribution in [1.29, 1.82) is 0 Å². The molecule has 1 atom stereocenters. The average Bonchev–Trinajstić information content (AvgIpc) is 3.00. The maximum Gasteiger partial charge on any atom is 0.300 e. The highest BCUT2D eigenvalue weighted by atomic mass is 35.5. The van der Waals surface area contributed by atoms with Gasteiger partial charge in [-0.05, 0) is 42.8 Å². The molecule has 0 spiro atoms. The molecular weight excluding hydrogens is 405 g/mol. The van der Waals surface area contributed by atoms with Gasteiger partial charge in [0.25, 0.3) is 11.7 Å². The lowest BCUT2D eigenvalue weighted by Gasteiger charge is -2.26. The molecule has 0 aliphatic carbocycles. The van der Waals surface area contributed by atoms with Crippen LogP contribution in [0.3, 0.4) is 0 Å². The fraction of sp³-hybridized carbons (Fsp3) is 0.0833. The Kier molecular flexibility index (Phi) is 5.14. The summed E-state index contributed by atoms with van der Waals surface area (Å²) in [7, 11) is 0. The quantitative estimate of drug-likeness (QED) is 0.349. The van der Waals surface area contributed by atoms with E-state index in [4.69, 9.17) is 11.6 Å². The summed E-state index contributed by atoms with van der Waals surface area (Å²) in [5.41, 5.74) is 2.14. The lowest BCUT2D eigenvalue weighted by Crippen LogP contribution is -2.29. The first kappa shape index (κ1) is 19.9. The number of carbonyl (C=O) groups excluding carboxylic acids is 2. The number of carbonyl (C=O) groups is 2. The second-order valence-corrected chi connectivity index (χ2v) is 7.44. The summed E-state index contributed by atoms with van der Waals surface area (Å²) < 4.78 is 13.4. The Bertz CT molecular complexity index is 1170. The van der Waals surface area contributed by atoms with Crippen molar-refractivity contribution < 1.29 is 19.1 Å². The normalized spacial score (nSPS) is 18.1. The van der Waals surface area contributed by atoms with Crippen LogP contribution in [0.2, 0.25) is 5.02 Å². The van der Waals surface area contributed by atoms with Crippen molar-refractivity contribution in [2.45, 2.75) is 13.0 Å². The summed E-state index contributed by atoms with van der Waals surface area (Å²) >= 11 is 6.40. The third-order valence-electron chi connectivity index (χ3n) is 5.07. The van der Waals surface area contributed by atoms with Gasteiger partial charge in [0.05, 0.1) is 11.6 Å². The van der Waals surface area contributed by atoms with Crippen LogP contribution in [0.1, 0.15) is 22.7 Å². The summed E-state index contributed by atoms with van der Waals surface area (Å²) in [5.74, 6) is -2.41. The minimum atomic E-state index is -0.953. The van der Waals surface area contributed by atoms with E-state index in [0.717, 1.165) is 5.56 Å². The van der Waals surface area contributed by atoms with Crippen molar-refractivity contribution in [3.63, 3.8) is 0 Å². The van der Waals surface area contributed by atoms with Gasteiger partial charge in [-0.3, -0.25) is 14.5 Å². The first-order valence-corrected chi connectivity index (χ1v) is 9.64. The number of hydrogen-bond acceptors (Lipinski definition) is 3. The molecule has 0 unspecified atom stereocenters. The van der Waals surface area contributed by atoms with Gasteiger partial charge in [0.1, 0.15) is 11.6 Å². The molecule has 1 amide bonds. The van der Waals surface area contributed by atoms with Crippen molar-refractivity contribution in [3.05, 3.63) is 106 Å². The van der Waals surface area contributed by atoms with Crippen LogP contribution < -0.4 is 4.90 Å². The van der Waals surface area contributed by atoms with Gasteiger partial charge >= 0.3 is 0 Å². The van der Waals surface area contributed by atoms with Crippen molar-refractivity contribution >= 4 is 34.7 Å². The van der Waals surface area contributed by atoms with E-state index in [2.05, 4.69) is 0 Å². The van der Waals surface area contributed by atoms with Gasteiger partial charge in [0.15, 0.2) is 0 Å². The number of anilines is 1. The van der Waals surface area contributed by atoms with Crippen molar-refractivity contribution in [1.82, 2.24) is 0 Å². The van der Waals surface area contributed by atoms with Crippen LogP contribution in [0.5, 0.6) is 0 Å². The fourth-order valence-electron chi connectivity index (χ4n) is 3.56. The van der Waals surface area contributed by atoms with E-state index >= 15 is 0 Å².